The largest absolute Gasteiger partial charge is 0.494 e. The van der Waals surface area contributed by atoms with Crippen molar-refractivity contribution in [3.63, 3.8) is 0 Å². The van der Waals surface area contributed by atoms with Crippen LogP contribution in [0.2, 0.25) is 0 Å². The van der Waals surface area contributed by atoms with Crippen molar-refractivity contribution in [1.29, 1.82) is 0 Å². The molecule has 0 N–H and O–H groups in total. The smallest absolute Gasteiger partial charge is 0.260 e. The number of hydrogen-bond acceptors (Lipinski definition) is 5. The standard InChI is InChI=1S/C27H29N3O2S/c1-4-5-6-15-32-23-11-7-10-22(16-23)26(31)30(18-21-9-8-14-28-17-21)27-29-25-20(3)19(2)12-13-24(25)33-27/h7-14,16-17H,4-6,15,18H2,1-3H3. The Balaban J connectivity index is 1.67. The predicted octanol–water partition coefficient (Wildman–Crippen LogP) is 6.72. The molecule has 0 saturated carbocycles. The van der Waals surface area contributed by atoms with Crippen molar-refractivity contribution in [3.05, 3.63) is 83.2 Å². The molecule has 4 aromatic rings. The Bertz CT molecular complexity index is 1240. The number of aryl methyl sites for hydroxylation is 2. The monoisotopic (exact) mass is 459 g/mol. The molecule has 0 aliphatic carbocycles. The highest BCUT2D eigenvalue weighted by Crippen LogP contribution is 2.33. The molecule has 4 rings (SSSR count). The van der Waals surface area contributed by atoms with Gasteiger partial charge in [-0.25, -0.2) is 4.98 Å². The van der Waals surface area contributed by atoms with E-state index in [0.29, 0.717) is 29.6 Å². The lowest BCUT2D eigenvalue weighted by Crippen LogP contribution is -2.30. The third kappa shape index (κ3) is 5.40. The normalized spacial score (nSPS) is 11.0. The van der Waals surface area contributed by atoms with Crippen molar-refractivity contribution in [1.82, 2.24) is 9.97 Å². The van der Waals surface area contributed by atoms with E-state index < -0.39 is 0 Å². The Hall–Kier alpha value is -3.25. The first-order chi connectivity index (χ1) is 16.1. The summed E-state index contributed by atoms with van der Waals surface area (Å²) in [7, 11) is 0. The van der Waals surface area contributed by atoms with E-state index in [1.54, 1.807) is 17.3 Å². The fourth-order valence-corrected chi connectivity index (χ4v) is 4.67. The number of anilines is 1. The summed E-state index contributed by atoms with van der Waals surface area (Å²) in [6.07, 6.45) is 6.81. The number of carbonyl (C=O) groups is 1. The molecule has 0 fully saturated rings. The summed E-state index contributed by atoms with van der Waals surface area (Å²) in [6.45, 7) is 7.38. The Morgan fingerprint density at radius 3 is 2.76 bits per heavy atom. The van der Waals surface area contributed by atoms with E-state index in [1.807, 2.05) is 36.4 Å². The highest BCUT2D eigenvalue weighted by atomic mass is 32.1. The zero-order chi connectivity index (χ0) is 23.2. The summed E-state index contributed by atoms with van der Waals surface area (Å²) in [5, 5.41) is 0.682. The number of nitrogens with zero attached hydrogens (tertiary/aromatic N) is 3. The number of aromatic nitrogens is 2. The first kappa shape index (κ1) is 22.9. The van der Waals surface area contributed by atoms with Crippen LogP contribution in [0.3, 0.4) is 0 Å². The number of benzene rings is 2. The van der Waals surface area contributed by atoms with E-state index in [2.05, 4.69) is 37.9 Å². The molecule has 2 heterocycles. The molecule has 0 bridgehead atoms. The van der Waals surface area contributed by atoms with Gasteiger partial charge in [0.05, 0.1) is 23.4 Å². The third-order valence-corrected chi connectivity index (χ3v) is 6.75. The SMILES string of the molecule is CCCCCOc1cccc(C(=O)N(Cc2cccnc2)c2nc3c(C)c(C)ccc3s2)c1. The second-order valence-electron chi connectivity index (χ2n) is 8.19. The minimum absolute atomic E-state index is 0.105. The van der Waals surface area contributed by atoms with Gasteiger partial charge < -0.3 is 4.74 Å². The third-order valence-electron chi connectivity index (χ3n) is 5.71. The molecule has 2 aromatic carbocycles. The summed E-state index contributed by atoms with van der Waals surface area (Å²) in [5.41, 5.74) is 4.82. The molecule has 5 nitrogen and oxygen atoms in total. The van der Waals surface area contributed by atoms with E-state index in [4.69, 9.17) is 9.72 Å². The van der Waals surface area contributed by atoms with Gasteiger partial charge >= 0.3 is 0 Å². The first-order valence-electron chi connectivity index (χ1n) is 11.4. The lowest BCUT2D eigenvalue weighted by molar-refractivity contribution is 0.0984. The van der Waals surface area contributed by atoms with E-state index in [1.165, 1.54) is 16.9 Å². The second kappa shape index (κ2) is 10.6. The van der Waals surface area contributed by atoms with Crippen molar-refractivity contribution in [2.24, 2.45) is 0 Å². The molecule has 0 aliphatic heterocycles. The van der Waals surface area contributed by atoms with Crippen molar-refractivity contribution < 1.29 is 9.53 Å². The molecule has 6 heteroatoms. The minimum Gasteiger partial charge on any atom is -0.494 e. The number of thiazole rings is 1. The molecule has 0 unspecified atom stereocenters. The second-order valence-corrected chi connectivity index (χ2v) is 9.20. The van der Waals surface area contributed by atoms with Gasteiger partial charge in [-0.05, 0) is 67.3 Å². The van der Waals surface area contributed by atoms with Gasteiger partial charge in [0, 0.05) is 18.0 Å². The highest BCUT2D eigenvalue weighted by molar-refractivity contribution is 7.22. The van der Waals surface area contributed by atoms with E-state index in [0.717, 1.165) is 40.6 Å². The number of unbranched alkanes of at least 4 members (excludes halogenated alkanes) is 2. The van der Waals surface area contributed by atoms with Crippen LogP contribution in [0.5, 0.6) is 5.75 Å². The Labute approximate surface area is 199 Å². The number of carbonyl (C=O) groups excluding carboxylic acids is 1. The molecule has 1 amide bonds. The fourth-order valence-electron chi connectivity index (χ4n) is 3.65. The maximum Gasteiger partial charge on any atom is 0.260 e. The number of pyridine rings is 1. The average molecular weight is 460 g/mol. The molecule has 33 heavy (non-hydrogen) atoms. The van der Waals surface area contributed by atoms with Gasteiger partial charge in [0.2, 0.25) is 0 Å². The maximum atomic E-state index is 13.7. The summed E-state index contributed by atoms with van der Waals surface area (Å²) in [5.74, 6) is 0.611. The van der Waals surface area contributed by atoms with Gasteiger partial charge in [0.25, 0.3) is 5.91 Å². The number of amides is 1. The summed E-state index contributed by atoms with van der Waals surface area (Å²) in [6, 6.07) is 15.5. The van der Waals surface area contributed by atoms with Crippen LogP contribution < -0.4 is 9.64 Å². The Morgan fingerprint density at radius 2 is 1.97 bits per heavy atom. The van der Waals surface area contributed by atoms with Crippen LogP contribution in [0.1, 0.15) is 53.2 Å². The molecule has 0 atom stereocenters. The van der Waals surface area contributed by atoms with Gasteiger partial charge in [-0.1, -0.05) is 49.3 Å². The Morgan fingerprint density at radius 1 is 1.09 bits per heavy atom. The first-order valence-corrected chi connectivity index (χ1v) is 12.2. The van der Waals surface area contributed by atoms with Crippen LogP contribution >= 0.6 is 11.3 Å². The number of hydrogen-bond donors (Lipinski definition) is 0. The molecule has 2 aromatic heterocycles. The Kier molecular flexibility index (Phi) is 7.35. The topological polar surface area (TPSA) is 55.3 Å². The molecule has 0 saturated heterocycles. The maximum absolute atomic E-state index is 13.7. The summed E-state index contributed by atoms with van der Waals surface area (Å²) in [4.78, 5) is 24.6. The van der Waals surface area contributed by atoms with Gasteiger partial charge in [-0.2, -0.15) is 0 Å². The molecule has 170 valence electrons. The summed E-state index contributed by atoms with van der Waals surface area (Å²) >= 11 is 1.54. The highest BCUT2D eigenvalue weighted by Gasteiger charge is 2.23. The number of ether oxygens (including phenoxy) is 1. The van der Waals surface area contributed by atoms with Gasteiger partial charge in [0.15, 0.2) is 5.13 Å². The van der Waals surface area contributed by atoms with Crippen molar-refractivity contribution in [3.8, 4) is 5.75 Å². The van der Waals surface area contributed by atoms with Crippen LogP contribution in [0.4, 0.5) is 5.13 Å². The molecular formula is C27H29N3O2S. The lowest BCUT2D eigenvalue weighted by Gasteiger charge is -2.20. The van der Waals surface area contributed by atoms with Gasteiger partial charge in [0.1, 0.15) is 5.75 Å². The van der Waals surface area contributed by atoms with Gasteiger partial charge in [-0.15, -0.1) is 0 Å². The van der Waals surface area contributed by atoms with Crippen molar-refractivity contribution in [2.45, 2.75) is 46.6 Å². The van der Waals surface area contributed by atoms with Crippen molar-refractivity contribution >= 4 is 32.6 Å². The van der Waals surface area contributed by atoms with Crippen LogP contribution in [0, 0.1) is 13.8 Å². The molecule has 0 radical (unpaired) electrons. The summed E-state index contributed by atoms with van der Waals surface area (Å²) < 4.78 is 6.96. The molecule has 0 spiro atoms. The van der Waals surface area contributed by atoms with Crippen LogP contribution in [0.25, 0.3) is 10.2 Å². The fraction of sp³-hybridized carbons (Fsp3) is 0.296. The zero-order valence-corrected chi connectivity index (χ0v) is 20.2. The van der Waals surface area contributed by atoms with E-state index in [9.17, 15) is 4.79 Å². The van der Waals surface area contributed by atoms with Crippen molar-refractivity contribution in [2.75, 3.05) is 11.5 Å². The average Bonchev–Trinajstić information content (AvgIpc) is 3.28. The van der Waals surface area contributed by atoms with Crippen LogP contribution in [0.15, 0.2) is 60.9 Å². The quantitative estimate of drug-likeness (QED) is 0.261. The number of fused-ring (bicyclic) bond motifs is 1. The lowest BCUT2D eigenvalue weighted by atomic mass is 10.1. The van der Waals surface area contributed by atoms with Gasteiger partial charge in [-0.3, -0.25) is 14.7 Å². The predicted molar refractivity (Wildman–Crippen MR) is 135 cm³/mol. The zero-order valence-electron chi connectivity index (χ0n) is 19.4. The van der Waals surface area contributed by atoms with E-state index in [-0.39, 0.29) is 5.91 Å². The van der Waals surface area contributed by atoms with Crippen LogP contribution in [-0.2, 0) is 6.54 Å². The molecular weight excluding hydrogens is 430 g/mol. The number of rotatable bonds is 9. The molecule has 0 aliphatic rings. The van der Waals surface area contributed by atoms with Crippen LogP contribution in [-0.4, -0.2) is 22.5 Å². The van der Waals surface area contributed by atoms with E-state index >= 15 is 0 Å². The minimum atomic E-state index is -0.105.